The molecule has 202 valence electrons. The number of carbonyl (C=O) groups excluding carboxylic acids is 3. The summed E-state index contributed by atoms with van der Waals surface area (Å²) < 4.78 is 18.8. The Labute approximate surface area is 226 Å². The molecule has 2 atom stereocenters. The smallest absolute Gasteiger partial charge is 0.246 e. The molecule has 0 spiro atoms. The zero-order valence-electron chi connectivity index (χ0n) is 21.5. The molecule has 2 aliphatic heterocycles. The van der Waals surface area contributed by atoms with Gasteiger partial charge in [-0.3, -0.25) is 19.3 Å². The van der Waals surface area contributed by atoms with E-state index in [1.54, 1.807) is 30.3 Å². The number of hydrogen-bond donors (Lipinski definition) is 2. The molecule has 2 aromatic rings. The van der Waals surface area contributed by atoms with Crippen molar-refractivity contribution in [1.82, 2.24) is 15.1 Å². The number of ether oxygens (including phenoxy) is 1. The first-order valence-electron chi connectivity index (χ1n) is 12.8. The fourth-order valence-corrected chi connectivity index (χ4v) is 4.94. The minimum atomic E-state index is -0.613. The second-order valence-corrected chi connectivity index (χ2v) is 9.93. The van der Waals surface area contributed by atoms with E-state index in [0.29, 0.717) is 67.7 Å². The van der Waals surface area contributed by atoms with Gasteiger partial charge in [-0.05, 0) is 56.2 Å². The van der Waals surface area contributed by atoms with Gasteiger partial charge in [0.1, 0.15) is 17.6 Å². The van der Waals surface area contributed by atoms with Gasteiger partial charge in [-0.1, -0.05) is 23.7 Å². The average Bonchev–Trinajstić information content (AvgIpc) is 3.32. The van der Waals surface area contributed by atoms with Crippen LogP contribution in [-0.4, -0.2) is 65.8 Å². The van der Waals surface area contributed by atoms with Gasteiger partial charge in [0, 0.05) is 56.0 Å². The lowest BCUT2D eigenvalue weighted by Gasteiger charge is -2.39. The third kappa shape index (κ3) is 6.90. The molecular weight excluding hydrogens is 511 g/mol. The summed E-state index contributed by atoms with van der Waals surface area (Å²) >= 11 is 6.36. The van der Waals surface area contributed by atoms with E-state index < -0.39 is 6.04 Å². The molecule has 0 aromatic heterocycles. The Balaban J connectivity index is 1.44. The predicted octanol–water partition coefficient (Wildman–Crippen LogP) is 3.84. The molecule has 2 saturated heterocycles. The van der Waals surface area contributed by atoms with Crippen LogP contribution in [0.2, 0.25) is 5.02 Å². The van der Waals surface area contributed by atoms with E-state index in [1.807, 2.05) is 18.7 Å². The van der Waals surface area contributed by atoms with Crippen LogP contribution in [0.1, 0.15) is 37.8 Å². The average molecular weight is 543 g/mol. The summed E-state index contributed by atoms with van der Waals surface area (Å²) in [5.74, 6) is -0.467. The van der Waals surface area contributed by atoms with Gasteiger partial charge in [0.15, 0.2) is 0 Å². The molecule has 38 heavy (non-hydrogen) atoms. The van der Waals surface area contributed by atoms with Crippen LogP contribution >= 0.6 is 11.6 Å². The summed E-state index contributed by atoms with van der Waals surface area (Å²) in [7, 11) is 0. The maximum absolute atomic E-state index is 13.2. The Kier molecular flexibility index (Phi) is 9.01. The number of piperazine rings is 1. The summed E-state index contributed by atoms with van der Waals surface area (Å²) in [6.45, 7) is 6.89. The van der Waals surface area contributed by atoms with E-state index in [2.05, 4.69) is 15.5 Å². The summed E-state index contributed by atoms with van der Waals surface area (Å²) in [4.78, 5) is 41.4. The summed E-state index contributed by atoms with van der Waals surface area (Å²) in [5.41, 5.74) is 2.01. The molecule has 2 N–H and O–H groups in total. The minimum Gasteiger partial charge on any atom is -0.492 e. The van der Waals surface area contributed by atoms with Gasteiger partial charge in [0.05, 0.1) is 11.6 Å². The molecule has 0 saturated carbocycles. The van der Waals surface area contributed by atoms with Crippen molar-refractivity contribution in [2.75, 3.05) is 31.6 Å². The molecule has 0 bridgehead atoms. The van der Waals surface area contributed by atoms with Crippen molar-refractivity contribution in [3.63, 3.8) is 0 Å². The van der Waals surface area contributed by atoms with Gasteiger partial charge in [0.25, 0.3) is 0 Å². The highest BCUT2D eigenvalue weighted by atomic mass is 35.5. The topological polar surface area (TPSA) is 91.0 Å². The Bertz CT molecular complexity index is 1220. The van der Waals surface area contributed by atoms with Crippen molar-refractivity contribution in [2.45, 2.75) is 45.3 Å². The lowest BCUT2D eigenvalue weighted by atomic mass is 10.1. The maximum Gasteiger partial charge on any atom is 0.246 e. The quantitative estimate of drug-likeness (QED) is 0.495. The molecule has 2 fully saturated rings. The van der Waals surface area contributed by atoms with Crippen molar-refractivity contribution in [3.05, 3.63) is 64.4 Å². The molecule has 0 aliphatic carbocycles. The molecule has 2 aromatic carbocycles. The number of rotatable bonds is 8. The first-order valence-corrected chi connectivity index (χ1v) is 13.1. The van der Waals surface area contributed by atoms with Crippen LogP contribution in [0, 0.1) is 5.82 Å². The first-order chi connectivity index (χ1) is 18.2. The number of amides is 3. The second kappa shape index (κ2) is 12.4. The van der Waals surface area contributed by atoms with Crippen molar-refractivity contribution in [3.8, 4) is 5.75 Å². The Morgan fingerprint density at radius 2 is 2.00 bits per heavy atom. The number of halogens is 2. The van der Waals surface area contributed by atoms with Crippen LogP contribution in [0.15, 0.2) is 42.5 Å². The van der Waals surface area contributed by atoms with E-state index in [-0.39, 0.29) is 29.6 Å². The molecule has 8 nitrogen and oxygen atoms in total. The molecule has 4 rings (SSSR count). The third-order valence-corrected chi connectivity index (χ3v) is 6.99. The Morgan fingerprint density at radius 1 is 1.24 bits per heavy atom. The monoisotopic (exact) mass is 542 g/mol. The highest BCUT2D eigenvalue weighted by molar-refractivity contribution is 6.32. The minimum absolute atomic E-state index is 0.0179. The van der Waals surface area contributed by atoms with Gasteiger partial charge in [-0.15, -0.1) is 0 Å². The van der Waals surface area contributed by atoms with Crippen molar-refractivity contribution in [2.24, 2.45) is 0 Å². The third-order valence-electron chi connectivity index (χ3n) is 6.69. The fraction of sp³-hybridized carbons (Fsp3) is 0.393. The maximum atomic E-state index is 13.2. The number of carbonyl (C=O) groups is 3. The van der Waals surface area contributed by atoms with Gasteiger partial charge < -0.3 is 20.3 Å². The molecule has 0 radical (unpaired) electrons. The van der Waals surface area contributed by atoms with Crippen molar-refractivity contribution in [1.29, 1.82) is 0 Å². The van der Waals surface area contributed by atoms with Crippen LogP contribution in [-0.2, 0) is 20.9 Å². The zero-order chi connectivity index (χ0) is 27.2. The molecule has 2 aliphatic rings. The highest BCUT2D eigenvalue weighted by Crippen LogP contribution is 2.32. The highest BCUT2D eigenvalue weighted by Gasteiger charge is 2.28. The predicted molar refractivity (Wildman–Crippen MR) is 144 cm³/mol. The standard InChI is InChI=1S/C28H32ClFN4O4/c1-3-38-25-14-20(24(15-22(25)29)32-28(37)23-9-10-26(35)31-23)6-11-27(36)34-13-12-33(16-18(34)2)17-19-4-7-21(30)8-5-19/h4-8,11,14-15,18,23H,3,9-10,12-13,16-17H2,1-2H3,(H,31,35)(H,32,37)/t18-,23?/m1/s1. The molecule has 10 heteroatoms. The molecule has 2 heterocycles. The molecule has 1 unspecified atom stereocenters. The lowest BCUT2D eigenvalue weighted by molar-refractivity contribution is -0.130. The summed E-state index contributed by atoms with van der Waals surface area (Å²) in [6.07, 6.45) is 3.85. The number of hydrogen-bond acceptors (Lipinski definition) is 5. The number of benzene rings is 2. The van der Waals surface area contributed by atoms with Gasteiger partial charge >= 0.3 is 0 Å². The SMILES string of the molecule is CCOc1cc(C=CC(=O)N2CCN(Cc3ccc(F)cc3)C[C@H]2C)c(NC(=O)C2CCC(=O)N2)cc1Cl. The van der Waals surface area contributed by atoms with Gasteiger partial charge in [-0.25, -0.2) is 4.39 Å². The zero-order valence-corrected chi connectivity index (χ0v) is 22.3. The van der Waals surface area contributed by atoms with Crippen LogP contribution in [0.3, 0.4) is 0 Å². The number of nitrogens with one attached hydrogen (secondary N) is 2. The van der Waals surface area contributed by atoms with E-state index in [1.165, 1.54) is 18.2 Å². The Morgan fingerprint density at radius 3 is 2.66 bits per heavy atom. The largest absolute Gasteiger partial charge is 0.492 e. The Hall–Kier alpha value is -3.43. The first kappa shape index (κ1) is 27.6. The number of anilines is 1. The van der Waals surface area contributed by atoms with E-state index in [0.717, 1.165) is 5.56 Å². The van der Waals surface area contributed by atoms with Crippen molar-refractivity contribution >= 4 is 41.1 Å². The van der Waals surface area contributed by atoms with E-state index >= 15 is 0 Å². The summed E-state index contributed by atoms with van der Waals surface area (Å²) in [5, 5.41) is 5.80. The van der Waals surface area contributed by atoms with Crippen LogP contribution in [0.4, 0.5) is 10.1 Å². The van der Waals surface area contributed by atoms with Crippen LogP contribution < -0.4 is 15.4 Å². The second-order valence-electron chi connectivity index (χ2n) is 9.53. The van der Waals surface area contributed by atoms with Crippen LogP contribution in [0.25, 0.3) is 6.08 Å². The van der Waals surface area contributed by atoms with Gasteiger partial charge in [-0.2, -0.15) is 0 Å². The van der Waals surface area contributed by atoms with Crippen LogP contribution in [0.5, 0.6) is 5.75 Å². The van der Waals surface area contributed by atoms with Gasteiger partial charge in [0.2, 0.25) is 17.7 Å². The number of nitrogens with zero attached hydrogens (tertiary/aromatic N) is 2. The fourth-order valence-electron chi connectivity index (χ4n) is 4.72. The van der Waals surface area contributed by atoms with Crippen molar-refractivity contribution < 1.29 is 23.5 Å². The van der Waals surface area contributed by atoms with E-state index in [4.69, 9.17) is 16.3 Å². The van der Waals surface area contributed by atoms with E-state index in [9.17, 15) is 18.8 Å². The molecule has 3 amide bonds. The summed E-state index contributed by atoms with van der Waals surface area (Å²) in [6, 6.07) is 9.11. The molecular formula is C28H32ClFN4O4. The normalized spacial score (nSPS) is 20.0. The lowest BCUT2D eigenvalue weighted by Crippen LogP contribution is -2.53.